The van der Waals surface area contributed by atoms with Crippen molar-refractivity contribution in [2.24, 2.45) is 5.73 Å². The summed E-state index contributed by atoms with van der Waals surface area (Å²) in [5.41, 5.74) is 10.8. The zero-order chi connectivity index (χ0) is 16.5. The molecule has 0 aliphatic rings. The molecule has 1 amide bonds. The summed E-state index contributed by atoms with van der Waals surface area (Å²) in [7, 11) is 0. The average Bonchev–Trinajstić information content (AvgIpc) is 2.72. The molecule has 0 saturated heterocycles. The molecule has 4 nitrogen and oxygen atoms in total. The van der Waals surface area contributed by atoms with Gasteiger partial charge in [-0.15, -0.1) is 24.5 Å². The highest BCUT2D eigenvalue weighted by molar-refractivity contribution is 8.01. The number of anilines is 1. The first kappa shape index (κ1) is 16.4. The lowest BCUT2D eigenvalue weighted by Crippen LogP contribution is -2.17. The van der Waals surface area contributed by atoms with E-state index in [2.05, 4.69) is 4.74 Å². The van der Waals surface area contributed by atoms with E-state index in [1.54, 1.807) is 0 Å². The van der Waals surface area contributed by atoms with Crippen molar-refractivity contribution in [2.45, 2.75) is 15.5 Å². The summed E-state index contributed by atoms with van der Waals surface area (Å²) in [6.07, 6.45) is -4.89. The Morgan fingerprint density at radius 1 is 1.27 bits per heavy atom. The number of thiophene rings is 1. The van der Waals surface area contributed by atoms with Gasteiger partial charge >= 0.3 is 6.36 Å². The minimum atomic E-state index is -4.89. The maximum atomic E-state index is 13.8. The molecular formula is C12H8F4N2O2S2. The van der Waals surface area contributed by atoms with Crippen LogP contribution in [0.5, 0.6) is 5.75 Å². The fourth-order valence-electron chi connectivity index (χ4n) is 1.49. The molecule has 0 unspecified atom stereocenters. The van der Waals surface area contributed by atoms with Gasteiger partial charge in [0.05, 0.1) is 14.8 Å². The van der Waals surface area contributed by atoms with Gasteiger partial charge in [-0.1, -0.05) is 11.8 Å². The standard InChI is InChI=1S/C12H8F4N2O2S2/c13-7-3-5(20-12(14,15)16)1-2-8(7)21-9-4-6(10(17)19)11(18)22-9/h1-4H,18H2,(H2,17,19). The quantitative estimate of drug-likeness (QED) is 0.824. The first-order valence-corrected chi connectivity index (χ1v) is 7.21. The van der Waals surface area contributed by atoms with Gasteiger partial charge < -0.3 is 16.2 Å². The first-order chi connectivity index (χ1) is 10.2. The highest BCUT2D eigenvalue weighted by Crippen LogP contribution is 2.39. The zero-order valence-corrected chi connectivity index (χ0v) is 12.2. The molecule has 0 fully saturated rings. The van der Waals surface area contributed by atoms with Crippen LogP contribution in [0.3, 0.4) is 0 Å². The normalized spacial score (nSPS) is 11.5. The topological polar surface area (TPSA) is 78.3 Å². The van der Waals surface area contributed by atoms with Crippen LogP contribution in [0, 0.1) is 5.82 Å². The van der Waals surface area contributed by atoms with Gasteiger partial charge in [0, 0.05) is 11.0 Å². The van der Waals surface area contributed by atoms with Crippen LogP contribution in [0.25, 0.3) is 0 Å². The van der Waals surface area contributed by atoms with Crippen LogP contribution < -0.4 is 16.2 Å². The van der Waals surface area contributed by atoms with E-state index < -0.39 is 23.8 Å². The molecule has 0 aliphatic heterocycles. The SMILES string of the molecule is NC(=O)c1cc(Sc2ccc(OC(F)(F)F)cc2F)sc1N. The summed E-state index contributed by atoms with van der Waals surface area (Å²) in [6.45, 7) is 0. The summed E-state index contributed by atoms with van der Waals surface area (Å²) in [5.74, 6) is -2.26. The van der Waals surface area contributed by atoms with Crippen molar-refractivity contribution in [3.63, 3.8) is 0 Å². The van der Waals surface area contributed by atoms with E-state index in [0.717, 1.165) is 35.2 Å². The number of carbonyl (C=O) groups excluding carboxylic acids is 1. The third-order valence-electron chi connectivity index (χ3n) is 2.35. The van der Waals surface area contributed by atoms with Gasteiger partial charge in [-0.05, 0) is 18.2 Å². The molecular weight excluding hydrogens is 344 g/mol. The second-order valence-corrected chi connectivity index (χ2v) is 6.38. The molecule has 0 saturated carbocycles. The number of alkyl halides is 3. The monoisotopic (exact) mass is 352 g/mol. The lowest BCUT2D eigenvalue weighted by Gasteiger charge is -2.09. The van der Waals surface area contributed by atoms with Crippen LogP contribution in [0.4, 0.5) is 22.6 Å². The van der Waals surface area contributed by atoms with E-state index >= 15 is 0 Å². The molecule has 0 atom stereocenters. The second-order valence-electron chi connectivity index (χ2n) is 3.95. The minimum Gasteiger partial charge on any atom is -0.406 e. The Kier molecular flexibility index (Phi) is 4.52. The highest BCUT2D eigenvalue weighted by atomic mass is 32.2. The number of hydrogen-bond acceptors (Lipinski definition) is 5. The molecule has 118 valence electrons. The van der Waals surface area contributed by atoms with Crippen molar-refractivity contribution >= 4 is 34.0 Å². The summed E-state index contributed by atoms with van der Waals surface area (Å²) in [4.78, 5) is 11.1. The van der Waals surface area contributed by atoms with Crippen molar-refractivity contribution in [1.82, 2.24) is 0 Å². The number of rotatable bonds is 4. The van der Waals surface area contributed by atoms with Crippen LogP contribution in [0.2, 0.25) is 0 Å². The molecule has 2 aromatic rings. The smallest absolute Gasteiger partial charge is 0.406 e. The van der Waals surface area contributed by atoms with Crippen molar-refractivity contribution in [3.05, 3.63) is 35.6 Å². The van der Waals surface area contributed by atoms with E-state index in [-0.39, 0.29) is 15.5 Å². The van der Waals surface area contributed by atoms with Crippen LogP contribution in [-0.4, -0.2) is 12.3 Å². The Morgan fingerprint density at radius 3 is 2.45 bits per heavy atom. The van der Waals surface area contributed by atoms with Gasteiger partial charge in [-0.25, -0.2) is 4.39 Å². The molecule has 1 heterocycles. The highest BCUT2D eigenvalue weighted by Gasteiger charge is 2.31. The number of halogens is 4. The Morgan fingerprint density at radius 2 is 1.95 bits per heavy atom. The third-order valence-corrected chi connectivity index (χ3v) is 4.48. The molecule has 0 spiro atoms. The predicted molar refractivity (Wildman–Crippen MR) is 74.5 cm³/mol. The van der Waals surface area contributed by atoms with Crippen LogP contribution in [-0.2, 0) is 0 Å². The zero-order valence-electron chi connectivity index (χ0n) is 10.6. The molecule has 0 aliphatic carbocycles. The van der Waals surface area contributed by atoms with E-state index in [1.165, 1.54) is 6.07 Å². The molecule has 22 heavy (non-hydrogen) atoms. The number of benzene rings is 1. The van der Waals surface area contributed by atoms with Crippen molar-refractivity contribution in [1.29, 1.82) is 0 Å². The summed E-state index contributed by atoms with van der Waals surface area (Å²) in [6, 6.07) is 4.15. The number of primary amides is 1. The fourth-order valence-corrected chi connectivity index (χ4v) is 3.55. The van der Waals surface area contributed by atoms with Gasteiger partial charge in [0.1, 0.15) is 11.6 Å². The fraction of sp³-hybridized carbons (Fsp3) is 0.0833. The largest absolute Gasteiger partial charge is 0.573 e. The van der Waals surface area contributed by atoms with Crippen LogP contribution >= 0.6 is 23.1 Å². The number of amides is 1. The molecule has 10 heteroatoms. The van der Waals surface area contributed by atoms with E-state index in [1.807, 2.05) is 0 Å². The maximum absolute atomic E-state index is 13.8. The molecule has 0 radical (unpaired) electrons. The van der Waals surface area contributed by atoms with E-state index in [9.17, 15) is 22.4 Å². The third kappa shape index (κ3) is 4.04. The van der Waals surface area contributed by atoms with Crippen molar-refractivity contribution in [3.8, 4) is 5.75 Å². The first-order valence-electron chi connectivity index (χ1n) is 5.58. The lowest BCUT2D eigenvalue weighted by atomic mass is 10.3. The Bertz CT molecular complexity index is 716. The summed E-state index contributed by atoms with van der Waals surface area (Å²) < 4.78 is 54.0. The van der Waals surface area contributed by atoms with Crippen LogP contribution in [0.1, 0.15) is 10.4 Å². The average molecular weight is 352 g/mol. The van der Waals surface area contributed by atoms with Gasteiger partial charge in [0.15, 0.2) is 0 Å². The number of ether oxygens (including phenoxy) is 1. The molecule has 2 rings (SSSR count). The maximum Gasteiger partial charge on any atom is 0.573 e. The molecule has 4 N–H and O–H groups in total. The Labute approximate surface area is 130 Å². The Hall–Kier alpha value is -1.94. The van der Waals surface area contributed by atoms with Gasteiger partial charge in [0.25, 0.3) is 5.91 Å². The molecule has 1 aromatic carbocycles. The van der Waals surface area contributed by atoms with Crippen molar-refractivity contribution in [2.75, 3.05) is 5.73 Å². The number of nitrogens with two attached hydrogens (primary N) is 2. The second kappa shape index (κ2) is 6.05. The number of carbonyl (C=O) groups is 1. The summed E-state index contributed by atoms with van der Waals surface area (Å²) >= 11 is 1.93. The van der Waals surface area contributed by atoms with E-state index in [0.29, 0.717) is 10.3 Å². The molecule has 0 bridgehead atoms. The number of hydrogen-bond donors (Lipinski definition) is 2. The lowest BCUT2D eigenvalue weighted by molar-refractivity contribution is -0.274. The van der Waals surface area contributed by atoms with Gasteiger partial charge in [0.2, 0.25) is 0 Å². The molecule has 1 aromatic heterocycles. The predicted octanol–water partition coefficient (Wildman–Crippen LogP) is 3.62. The Balaban J connectivity index is 2.20. The summed E-state index contributed by atoms with van der Waals surface area (Å²) in [5, 5.41) is 0.187. The minimum absolute atomic E-state index is 0.0618. The van der Waals surface area contributed by atoms with Gasteiger partial charge in [-0.3, -0.25) is 4.79 Å². The van der Waals surface area contributed by atoms with E-state index in [4.69, 9.17) is 11.5 Å². The van der Waals surface area contributed by atoms with Crippen LogP contribution in [0.15, 0.2) is 33.4 Å². The van der Waals surface area contributed by atoms with Crippen molar-refractivity contribution < 1.29 is 27.1 Å². The number of nitrogen functional groups attached to an aromatic ring is 1. The van der Waals surface area contributed by atoms with Gasteiger partial charge in [-0.2, -0.15) is 0 Å².